The Hall–Kier alpha value is -3.56. The number of anilines is 2. The molecular formula is C22H22N4O4S. The van der Waals surface area contributed by atoms with Crippen LogP contribution >= 0.6 is 11.3 Å². The van der Waals surface area contributed by atoms with Gasteiger partial charge in [-0.3, -0.25) is 19.8 Å². The van der Waals surface area contributed by atoms with Gasteiger partial charge in [0.05, 0.1) is 17.2 Å². The minimum atomic E-state index is -0.513. The van der Waals surface area contributed by atoms with E-state index in [4.69, 9.17) is 4.74 Å². The molecule has 8 nitrogen and oxygen atoms in total. The largest absolute Gasteiger partial charge is 0.383 e. The SMILES string of the molecule is C=CCN(C(=O)c1ccc(NCCOC)c([N+](=O)[O-])c1)c1nc(-c2ccccc2)cs1. The Kier molecular flexibility index (Phi) is 7.47. The fourth-order valence-corrected chi connectivity index (χ4v) is 3.76. The first-order chi connectivity index (χ1) is 15.0. The normalized spacial score (nSPS) is 10.5. The van der Waals surface area contributed by atoms with E-state index in [0.29, 0.717) is 24.0 Å². The first-order valence-corrected chi connectivity index (χ1v) is 10.4. The molecule has 1 heterocycles. The lowest BCUT2D eigenvalue weighted by Gasteiger charge is -2.18. The zero-order chi connectivity index (χ0) is 22.2. The number of hydrogen-bond donors (Lipinski definition) is 1. The molecule has 1 N–H and O–H groups in total. The van der Waals surface area contributed by atoms with Gasteiger partial charge in [0.15, 0.2) is 5.13 Å². The number of nitro benzene ring substituents is 1. The van der Waals surface area contributed by atoms with Gasteiger partial charge in [0.1, 0.15) is 5.69 Å². The highest BCUT2D eigenvalue weighted by Crippen LogP contribution is 2.30. The molecule has 0 radical (unpaired) electrons. The number of benzene rings is 2. The zero-order valence-corrected chi connectivity index (χ0v) is 17.8. The smallest absolute Gasteiger partial charge is 0.293 e. The number of methoxy groups -OCH3 is 1. The van der Waals surface area contributed by atoms with Crippen LogP contribution in [0.5, 0.6) is 0 Å². The summed E-state index contributed by atoms with van der Waals surface area (Å²) < 4.78 is 4.96. The predicted octanol–water partition coefficient (Wildman–Crippen LogP) is 4.61. The number of carbonyl (C=O) groups excluding carboxylic acids is 1. The average Bonchev–Trinajstić information content (AvgIpc) is 3.28. The lowest BCUT2D eigenvalue weighted by molar-refractivity contribution is -0.384. The van der Waals surface area contributed by atoms with Crippen molar-refractivity contribution < 1.29 is 14.5 Å². The fraction of sp³-hybridized carbons (Fsp3) is 0.182. The van der Waals surface area contributed by atoms with Gasteiger partial charge in [-0.25, -0.2) is 4.98 Å². The summed E-state index contributed by atoms with van der Waals surface area (Å²) in [6.45, 7) is 4.76. The van der Waals surface area contributed by atoms with Gasteiger partial charge in [-0.2, -0.15) is 0 Å². The van der Waals surface area contributed by atoms with E-state index >= 15 is 0 Å². The van der Waals surface area contributed by atoms with Gasteiger partial charge in [0, 0.05) is 42.8 Å². The first kappa shape index (κ1) is 22.1. The number of nitrogens with zero attached hydrogens (tertiary/aromatic N) is 3. The minimum Gasteiger partial charge on any atom is -0.383 e. The zero-order valence-electron chi connectivity index (χ0n) is 17.0. The second-order valence-corrected chi connectivity index (χ2v) is 7.33. The fourth-order valence-electron chi connectivity index (χ4n) is 2.92. The summed E-state index contributed by atoms with van der Waals surface area (Å²) in [7, 11) is 1.55. The van der Waals surface area contributed by atoms with Crippen molar-refractivity contribution in [3.05, 3.63) is 82.2 Å². The average molecular weight is 439 g/mol. The van der Waals surface area contributed by atoms with Crippen LogP contribution in [0.2, 0.25) is 0 Å². The maximum atomic E-state index is 13.2. The van der Waals surface area contributed by atoms with Crippen LogP contribution in [0.25, 0.3) is 11.3 Å². The van der Waals surface area contributed by atoms with Gasteiger partial charge >= 0.3 is 0 Å². The van der Waals surface area contributed by atoms with Gasteiger partial charge in [-0.15, -0.1) is 17.9 Å². The molecule has 0 aliphatic rings. The second kappa shape index (κ2) is 10.5. The van der Waals surface area contributed by atoms with Crippen LogP contribution in [-0.2, 0) is 4.74 Å². The van der Waals surface area contributed by atoms with Crippen LogP contribution < -0.4 is 10.2 Å². The number of amides is 1. The maximum absolute atomic E-state index is 13.2. The van der Waals surface area contributed by atoms with Crippen LogP contribution in [0.4, 0.5) is 16.5 Å². The third-order valence-electron chi connectivity index (χ3n) is 4.41. The number of rotatable bonds is 10. The third kappa shape index (κ3) is 5.33. The monoisotopic (exact) mass is 438 g/mol. The molecule has 0 aliphatic carbocycles. The number of carbonyl (C=O) groups is 1. The highest BCUT2D eigenvalue weighted by molar-refractivity contribution is 7.14. The van der Waals surface area contributed by atoms with Crippen molar-refractivity contribution in [1.29, 1.82) is 0 Å². The molecule has 0 saturated carbocycles. The van der Waals surface area contributed by atoms with E-state index in [2.05, 4.69) is 16.9 Å². The summed E-state index contributed by atoms with van der Waals surface area (Å²) in [6, 6.07) is 14.0. The van der Waals surface area contributed by atoms with E-state index in [1.165, 1.54) is 28.4 Å². The number of ether oxygens (including phenoxy) is 1. The molecule has 0 fully saturated rings. The predicted molar refractivity (Wildman–Crippen MR) is 123 cm³/mol. The minimum absolute atomic E-state index is 0.176. The topological polar surface area (TPSA) is 97.6 Å². The number of nitro groups is 1. The summed E-state index contributed by atoms with van der Waals surface area (Å²) in [5, 5.41) is 16.9. The third-order valence-corrected chi connectivity index (χ3v) is 5.28. The molecule has 2 aromatic carbocycles. The van der Waals surface area contributed by atoms with Gasteiger partial charge < -0.3 is 10.1 Å². The molecule has 0 atom stereocenters. The van der Waals surface area contributed by atoms with E-state index < -0.39 is 4.92 Å². The Labute approximate surface area is 184 Å². The molecule has 0 spiro atoms. The Balaban J connectivity index is 1.89. The van der Waals surface area contributed by atoms with Crippen LogP contribution in [0.15, 0.2) is 66.6 Å². The molecule has 160 valence electrons. The van der Waals surface area contributed by atoms with Crippen molar-refractivity contribution in [3.8, 4) is 11.3 Å². The van der Waals surface area contributed by atoms with Crippen molar-refractivity contribution in [1.82, 2.24) is 4.98 Å². The van der Waals surface area contributed by atoms with Crippen LogP contribution in [0, 0.1) is 10.1 Å². The van der Waals surface area contributed by atoms with E-state index in [9.17, 15) is 14.9 Å². The summed E-state index contributed by atoms with van der Waals surface area (Å²) in [4.78, 5) is 30.3. The van der Waals surface area contributed by atoms with Crippen molar-refractivity contribution in [2.75, 3.05) is 37.0 Å². The quantitative estimate of drug-likeness (QED) is 0.215. The van der Waals surface area contributed by atoms with Crippen molar-refractivity contribution in [2.24, 2.45) is 0 Å². The van der Waals surface area contributed by atoms with Gasteiger partial charge in [-0.05, 0) is 12.1 Å². The molecule has 0 saturated heterocycles. The van der Waals surface area contributed by atoms with Crippen molar-refractivity contribution in [3.63, 3.8) is 0 Å². The molecule has 0 unspecified atom stereocenters. The first-order valence-electron chi connectivity index (χ1n) is 9.50. The Morgan fingerprint density at radius 3 is 2.77 bits per heavy atom. The van der Waals surface area contributed by atoms with Gasteiger partial charge in [0.2, 0.25) is 0 Å². The summed E-state index contributed by atoms with van der Waals surface area (Å²) in [6.07, 6.45) is 1.59. The van der Waals surface area contributed by atoms with Gasteiger partial charge in [0.25, 0.3) is 11.6 Å². The Bertz CT molecular complexity index is 1070. The number of aromatic nitrogens is 1. The number of hydrogen-bond acceptors (Lipinski definition) is 7. The van der Waals surface area contributed by atoms with Crippen LogP contribution in [-0.4, -0.2) is 42.6 Å². The highest BCUT2D eigenvalue weighted by atomic mass is 32.1. The van der Waals surface area contributed by atoms with Crippen molar-refractivity contribution in [2.45, 2.75) is 0 Å². The molecule has 0 bridgehead atoms. The second-order valence-electron chi connectivity index (χ2n) is 6.49. The van der Waals surface area contributed by atoms with Crippen LogP contribution in [0.3, 0.4) is 0 Å². The Morgan fingerprint density at radius 2 is 2.10 bits per heavy atom. The molecule has 31 heavy (non-hydrogen) atoms. The number of thiazole rings is 1. The van der Waals surface area contributed by atoms with Crippen LogP contribution in [0.1, 0.15) is 10.4 Å². The van der Waals surface area contributed by atoms with E-state index in [-0.39, 0.29) is 23.7 Å². The van der Waals surface area contributed by atoms with E-state index in [0.717, 1.165) is 11.3 Å². The van der Waals surface area contributed by atoms with Gasteiger partial charge in [-0.1, -0.05) is 36.4 Å². The molecule has 0 aliphatic heterocycles. The van der Waals surface area contributed by atoms with E-state index in [1.807, 2.05) is 35.7 Å². The van der Waals surface area contributed by atoms with E-state index in [1.54, 1.807) is 19.3 Å². The summed E-state index contributed by atoms with van der Waals surface area (Å²) >= 11 is 1.33. The lowest BCUT2D eigenvalue weighted by Crippen LogP contribution is -2.31. The maximum Gasteiger partial charge on any atom is 0.293 e. The van der Waals surface area contributed by atoms with Crippen molar-refractivity contribution >= 4 is 33.8 Å². The molecule has 9 heteroatoms. The highest BCUT2D eigenvalue weighted by Gasteiger charge is 2.23. The molecular weight excluding hydrogens is 416 g/mol. The summed E-state index contributed by atoms with van der Waals surface area (Å²) in [5.41, 5.74) is 2.05. The molecule has 1 amide bonds. The molecule has 3 rings (SSSR count). The number of nitrogens with one attached hydrogen (secondary N) is 1. The summed E-state index contributed by atoms with van der Waals surface area (Å²) in [5.74, 6) is -0.389. The Morgan fingerprint density at radius 1 is 1.32 bits per heavy atom. The molecule has 3 aromatic rings. The molecule has 1 aromatic heterocycles. The standard InChI is InChI=1S/C22H22N4O4S/c1-3-12-25(22-24-19(15-31-22)16-7-5-4-6-8-16)21(27)17-9-10-18(23-11-13-30-2)20(14-17)26(28)29/h3-10,14-15,23H,1,11-13H2,2H3. The lowest BCUT2D eigenvalue weighted by atomic mass is 10.1.